The summed E-state index contributed by atoms with van der Waals surface area (Å²) < 4.78 is 11.6. The maximum atomic E-state index is 11.6. The molecule has 1 aromatic rings. The molecule has 1 aromatic carbocycles. The van der Waals surface area contributed by atoms with Crippen LogP contribution in [-0.2, 0) is 11.2 Å². The van der Waals surface area contributed by atoms with E-state index in [2.05, 4.69) is 0 Å². The van der Waals surface area contributed by atoms with E-state index in [-0.39, 0.29) is 6.42 Å². The fourth-order valence-corrected chi connectivity index (χ4v) is 1.01. The normalized spacial score (nSPS) is 9.50. The van der Waals surface area contributed by atoms with Crippen molar-refractivity contribution in [3.8, 4) is 0 Å². The van der Waals surface area contributed by atoms with Crippen LogP contribution in [0, 0.1) is 6.92 Å². The van der Waals surface area contributed by atoms with Crippen molar-refractivity contribution < 1.29 is 9.28 Å². The maximum Gasteiger partial charge on any atom is 0.252 e. The number of aryl methyl sites for hydroxylation is 1. The van der Waals surface area contributed by atoms with Crippen LogP contribution in [0.4, 0.5) is 4.48 Å². The summed E-state index contributed by atoms with van der Waals surface area (Å²) in [6, 6.07) is 7.41. The molecule has 0 radical (unpaired) electrons. The molecular formula is C9H10FNO. The van der Waals surface area contributed by atoms with E-state index < -0.39 is 5.91 Å². The minimum atomic E-state index is -0.607. The smallest absolute Gasteiger partial charge is 0.252 e. The summed E-state index contributed by atoms with van der Waals surface area (Å²) in [4.78, 5) is 10.6. The molecule has 0 heterocycles. The summed E-state index contributed by atoms with van der Waals surface area (Å²) in [6.45, 7) is 1.89. The van der Waals surface area contributed by atoms with Gasteiger partial charge in [0.05, 0.1) is 6.42 Å². The summed E-state index contributed by atoms with van der Waals surface area (Å²) in [6.07, 6.45) is 0.100. The molecule has 12 heavy (non-hydrogen) atoms. The van der Waals surface area contributed by atoms with E-state index >= 15 is 0 Å². The Labute approximate surface area is 70.3 Å². The number of hydrogen-bond donors (Lipinski definition) is 1. The van der Waals surface area contributed by atoms with Crippen molar-refractivity contribution in [1.29, 1.82) is 0 Å². The van der Waals surface area contributed by atoms with Crippen molar-refractivity contribution in [3.05, 3.63) is 35.4 Å². The van der Waals surface area contributed by atoms with Gasteiger partial charge in [-0.1, -0.05) is 24.3 Å². The third-order valence-corrected chi connectivity index (χ3v) is 1.72. The number of amides is 1. The maximum absolute atomic E-state index is 11.6. The predicted octanol–water partition coefficient (Wildman–Crippen LogP) is 1.54. The van der Waals surface area contributed by atoms with Gasteiger partial charge in [0.2, 0.25) is 0 Å². The van der Waals surface area contributed by atoms with Crippen LogP contribution in [0.5, 0.6) is 0 Å². The van der Waals surface area contributed by atoms with Crippen molar-refractivity contribution in [2.24, 2.45) is 0 Å². The van der Waals surface area contributed by atoms with Gasteiger partial charge in [-0.05, 0) is 18.1 Å². The molecule has 0 spiro atoms. The second kappa shape index (κ2) is 3.85. The third-order valence-electron chi connectivity index (χ3n) is 1.72. The zero-order valence-corrected chi connectivity index (χ0v) is 6.80. The van der Waals surface area contributed by atoms with Crippen LogP contribution in [0.25, 0.3) is 0 Å². The van der Waals surface area contributed by atoms with Crippen LogP contribution >= 0.6 is 0 Å². The van der Waals surface area contributed by atoms with Crippen LogP contribution in [0.15, 0.2) is 24.3 Å². The van der Waals surface area contributed by atoms with Gasteiger partial charge in [-0.3, -0.25) is 4.79 Å². The van der Waals surface area contributed by atoms with Crippen LogP contribution in [0.1, 0.15) is 11.1 Å². The zero-order valence-electron chi connectivity index (χ0n) is 6.80. The quantitative estimate of drug-likeness (QED) is 0.665. The fraction of sp³-hybridized carbons (Fsp3) is 0.222. The summed E-state index contributed by atoms with van der Waals surface area (Å²) in [5.41, 5.74) is 2.96. The zero-order chi connectivity index (χ0) is 8.97. The Morgan fingerprint density at radius 2 is 2.17 bits per heavy atom. The molecule has 0 saturated heterocycles. The SMILES string of the molecule is Cc1ccccc1CC(=O)NF. The lowest BCUT2D eigenvalue weighted by atomic mass is 10.1. The lowest BCUT2D eigenvalue weighted by Crippen LogP contribution is -2.16. The van der Waals surface area contributed by atoms with Gasteiger partial charge in [0.15, 0.2) is 0 Å². The van der Waals surface area contributed by atoms with E-state index in [1.54, 1.807) is 0 Å². The predicted molar refractivity (Wildman–Crippen MR) is 44.1 cm³/mol. The van der Waals surface area contributed by atoms with Crippen molar-refractivity contribution >= 4 is 5.91 Å². The third kappa shape index (κ3) is 2.05. The molecule has 0 aliphatic heterocycles. The lowest BCUT2D eigenvalue weighted by molar-refractivity contribution is -0.124. The van der Waals surface area contributed by atoms with Crippen LogP contribution in [0.2, 0.25) is 0 Å². The highest BCUT2D eigenvalue weighted by Gasteiger charge is 2.03. The number of rotatable bonds is 2. The molecule has 2 nitrogen and oxygen atoms in total. The average Bonchev–Trinajstić information content (AvgIpc) is 2.09. The Bertz CT molecular complexity index is 286. The van der Waals surface area contributed by atoms with Gasteiger partial charge in [0.1, 0.15) is 0 Å². The molecule has 0 saturated carbocycles. The Hall–Kier alpha value is -1.38. The van der Waals surface area contributed by atoms with E-state index in [4.69, 9.17) is 0 Å². The number of carbonyl (C=O) groups excluding carboxylic acids is 1. The monoisotopic (exact) mass is 167 g/mol. The molecule has 3 heteroatoms. The van der Waals surface area contributed by atoms with Gasteiger partial charge in [0.25, 0.3) is 5.91 Å². The minimum Gasteiger partial charge on any atom is -0.272 e. The first kappa shape index (κ1) is 8.71. The first-order valence-corrected chi connectivity index (χ1v) is 3.68. The first-order valence-electron chi connectivity index (χ1n) is 3.68. The largest absolute Gasteiger partial charge is 0.272 e. The van der Waals surface area contributed by atoms with E-state index in [0.29, 0.717) is 0 Å². The molecule has 1 amide bonds. The second-order valence-electron chi connectivity index (χ2n) is 2.62. The molecule has 0 bridgehead atoms. The van der Waals surface area contributed by atoms with Crippen molar-refractivity contribution in [2.75, 3.05) is 0 Å². The molecular weight excluding hydrogens is 157 g/mol. The van der Waals surface area contributed by atoms with Crippen molar-refractivity contribution in [2.45, 2.75) is 13.3 Å². The highest BCUT2D eigenvalue weighted by molar-refractivity contribution is 5.77. The van der Waals surface area contributed by atoms with Gasteiger partial charge in [-0.2, -0.15) is 5.54 Å². The minimum absolute atomic E-state index is 0.100. The molecule has 0 fully saturated rings. The number of hydrogen-bond acceptors (Lipinski definition) is 1. The summed E-state index contributed by atoms with van der Waals surface area (Å²) in [5.74, 6) is -0.607. The van der Waals surface area contributed by atoms with Crippen molar-refractivity contribution in [3.63, 3.8) is 0 Å². The Kier molecular flexibility index (Phi) is 2.80. The van der Waals surface area contributed by atoms with E-state index in [0.717, 1.165) is 16.7 Å². The molecule has 1 rings (SSSR count). The molecule has 0 atom stereocenters. The van der Waals surface area contributed by atoms with Gasteiger partial charge < -0.3 is 0 Å². The van der Waals surface area contributed by atoms with Gasteiger partial charge in [-0.15, -0.1) is 4.48 Å². The van der Waals surface area contributed by atoms with Crippen molar-refractivity contribution in [1.82, 2.24) is 5.54 Å². The van der Waals surface area contributed by atoms with E-state index in [1.165, 1.54) is 0 Å². The summed E-state index contributed by atoms with van der Waals surface area (Å²) in [5, 5.41) is 0. The van der Waals surface area contributed by atoms with Gasteiger partial charge in [0, 0.05) is 0 Å². The average molecular weight is 167 g/mol. The van der Waals surface area contributed by atoms with Crippen LogP contribution in [0.3, 0.4) is 0 Å². The molecule has 0 aromatic heterocycles. The highest BCUT2D eigenvalue weighted by atomic mass is 19.2. The second-order valence-corrected chi connectivity index (χ2v) is 2.62. The number of halogens is 1. The first-order chi connectivity index (χ1) is 5.74. The highest BCUT2D eigenvalue weighted by Crippen LogP contribution is 2.07. The summed E-state index contributed by atoms with van der Waals surface area (Å²) in [7, 11) is 0. The summed E-state index contributed by atoms with van der Waals surface area (Å²) >= 11 is 0. The number of benzene rings is 1. The van der Waals surface area contributed by atoms with Crippen LogP contribution in [-0.4, -0.2) is 5.91 Å². The van der Waals surface area contributed by atoms with Gasteiger partial charge >= 0.3 is 0 Å². The van der Waals surface area contributed by atoms with E-state index in [9.17, 15) is 9.28 Å². The van der Waals surface area contributed by atoms with E-state index in [1.807, 2.05) is 31.2 Å². The Morgan fingerprint density at radius 1 is 1.50 bits per heavy atom. The number of carbonyl (C=O) groups is 1. The number of nitrogens with one attached hydrogen (secondary N) is 1. The topological polar surface area (TPSA) is 29.1 Å². The van der Waals surface area contributed by atoms with Gasteiger partial charge in [-0.25, -0.2) is 0 Å². The lowest BCUT2D eigenvalue weighted by Gasteiger charge is -2.01. The molecule has 0 unspecified atom stereocenters. The Balaban J connectivity index is 2.75. The molecule has 64 valence electrons. The molecule has 0 aliphatic rings. The standard InChI is InChI=1S/C9H10FNO/c1-7-4-2-3-5-8(7)6-9(12)11-10/h2-5H,6H2,1H3,(H,11,12). The fourth-order valence-electron chi connectivity index (χ4n) is 1.01. The van der Waals surface area contributed by atoms with Crippen LogP contribution < -0.4 is 5.54 Å². The Morgan fingerprint density at radius 3 is 2.75 bits per heavy atom. The molecule has 1 N–H and O–H groups in total. The molecule has 0 aliphatic carbocycles.